The van der Waals surface area contributed by atoms with Crippen LogP contribution < -0.4 is 0 Å². The zero-order valence-corrected chi connectivity index (χ0v) is 15.5. The summed E-state index contributed by atoms with van der Waals surface area (Å²) in [6, 6.07) is 9.96. The summed E-state index contributed by atoms with van der Waals surface area (Å²) in [7, 11) is -3.15. The Labute approximate surface area is 149 Å². The van der Waals surface area contributed by atoms with Gasteiger partial charge in [-0.05, 0) is 25.3 Å². The lowest BCUT2D eigenvalue weighted by Crippen LogP contribution is -2.48. The average Bonchev–Trinajstić information content (AvgIpc) is 2.68. The fourth-order valence-electron chi connectivity index (χ4n) is 3.54. The van der Waals surface area contributed by atoms with E-state index in [9.17, 15) is 13.2 Å². The fourth-order valence-corrected chi connectivity index (χ4v) is 4.67. The minimum Gasteiger partial charge on any atom is -0.370 e. The molecular weight excluding hydrogens is 340 g/mol. The molecule has 1 aromatic rings. The summed E-state index contributed by atoms with van der Waals surface area (Å²) in [5.74, 6) is 0.170. The van der Waals surface area contributed by atoms with E-state index in [1.165, 1.54) is 4.31 Å². The van der Waals surface area contributed by atoms with Crippen LogP contribution in [0.3, 0.4) is 0 Å². The summed E-state index contributed by atoms with van der Waals surface area (Å²) < 4.78 is 31.2. The molecule has 0 saturated carbocycles. The van der Waals surface area contributed by atoms with Gasteiger partial charge in [0.1, 0.15) is 6.10 Å². The van der Waals surface area contributed by atoms with Gasteiger partial charge in [0.15, 0.2) is 0 Å². The highest BCUT2D eigenvalue weighted by molar-refractivity contribution is 7.89. The van der Waals surface area contributed by atoms with Crippen molar-refractivity contribution in [2.24, 2.45) is 5.92 Å². The maximum absolute atomic E-state index is 12.9. The molecule has 2 saturated heterocycles. The summed E-state index contributed by atoms with van der Waals surface area (Å²) in [6.07, 6.45) is 1.12. The first-order valence-electron chi connectivity index (χ1n) is 8.94. The molecular formula is C18H26N2O4S. The first-order chi connectivity index (χ1) is 12.0. The normalized spacial score (nSPS) is 23.6. The molecule has 1 atom stereocenters. The number of ether oxygens (including phenoxy) is 1. The topological polar surface area (TPSA) is 66.9 Å². The van der Waals surface area contributed by atoms with Crippen molar-refractivity contribution in [3.63, 3.8) is 0 Å². The zero-order valence-electron chi connectivity index (χ0n) is 14.6. The first kappa shape index (κ1) is 18.4. The molecule has 6 nitrogen and oxygen atoms in total. The number of hydrogen-bond donors (Lipinski definition) is 0. The lowest BCUT2D eigenvalue weighted by atomic mass is 9.96. The van der Waals surface area contributed by atoms with Crippen molar-refractivity contribution in [2.45, 2.75) is 25.9 Å². The Morgan fingerprint density at radius 3 is 2.48 bits per heavy atom. The van der Waals surface area contributed by atoms with Crippen LogP contribution >= 0.6 is 0 Å². The molecule has 0 aromatic heterocycles. The third kappa shape index (κ3) is 4.22. The molecule has 1 unspecified atom stereocenters. The van der Waals surface area contributed by atoms with E-state index in [1.54, 1.807) is 6.92 Å². The molecule has 7 heteroatoms. The molecule has 2 aliphatic rings. The van der Waals surface area contributed by atoms with Crippen LogP contribution in [0.4, 0.5) is 0 Å². The maximum Gasteiger partial charge on any atom is 0.225 e. The van der Waals surface area contributed by atoms with Crippen LogP contribution in [0.25, 0.3) is 0 Å². The van der Waals surface area contributed by atoms with Crippen LogP contribution in [0.1, 0.15) is 31.4 Å². The van der Waals surface area contributed by atoms with E-state index in [0.29, 0.717) is 45.6 Å². The SMILES string of the molecule is CCS(=O)(=O)N1CCC(C(=O)N2CCOC(c3ccccc3)C2)CC1. The van der Waals surface area contributed by atoms with Crippen LogP contribution in [0.2, 0.25) is 0 Å². The molecule has 0 spiro atoms. The third-order valence-electron chi connectivity index (χ3n) is 5.11. The quantitative estimate of drug-likeness (QED) is 0.813. The van der Waals surface area contributed by atoms with Gasteiger partial charge in [-0.15, -0.1) is 0 Å². The Hall–Kier alpha value is -1.44. The van der Waals surface area contributed by atoms with Crippen LogP contribution in [-0.2, 0) is 19.6 Å². The molecule has 1 aromatic carbocycles. The van der Waals surface area contributed by atoms with Crippen molar-refractivity contribution in [3.8, 4) is 0 Å². The van der Waals surface area contributed by atoms with E-state index in [1.807, 2.05) is 35.2 Å². The lowest BCUT2D eigenvalue weighted by molar-refractivity contribution is -0.144. The van der Waals surface area contributed by atoms with Gasteiger partial charge in [0.2, 0.25) is 15.9 Å². The molecule has 0 N–H and O–H groups in total. The molecule has 138 valence electrons. The highest BCUT2D eigenvalue weighted by Gasteiger charge is 2.34. The van der Waals surface area contributed by atoms with Gasteiger partial charge in [-0.25, -0.2) is 12.7 Å². The van der Waals surface area contributed by atoms with E-state index in [4.69, 9.17) is 4.74 Å². The van der Waals surface area contributed by atoms with Crippen LogP contribution in [-0.4, -0.2) is 62.1 Å². The third-order valence-corrected chi connectivity index (χ3v) is 6.99. The number of carbonyl (C=O) groups is 1. The number of nitrogens with zero attached hydrogens (tertiary/aromatic N) is 2. The monoisotopic (exact) mass is 366 g/mol. The van der Waals surface area contributed by atoms with E-state index in [-0.39, 0.29) is 23.7 Å². The Bertz CT molecular complexity index is 684. The number of rotatable bonds is 4. The van der Waals surface area contributed by atoms with E-state index < -0.39 is 10.0 Å². The number of piperidine rings is 1. The van der Waals surface area contributed by atoms with E-state index >= 15 is 0 Å². The molecule has 0 radical (unpaired) electrons. The summed E-state index contributed by atoms with van der Waals surface area (Å²) in [5.41, 5.74) is 1.09. The first-order valence-corrected chi connectivity index (χ1v) is 10.6. The number of amides is 1. The maximum atomic E-state index is 12.9. The van der Waals surface area contributed by atoms with Crippen molar-refractivity contribution in [1.82, 2.24) is 9.21 Å². The van der Waals surface area contributed by atoms with Crippen LogP contribution in [0, 0.1) is 5.92 Å². The number of carbonyl (C=O) groups excluding carboxylic acids is 1. The van der Waals surface area contributed by atoms with Crippen LogP contribution in [0.15, 0.2) is 30.3 Å². The number of benzene rings is 1. The van der Waals surface area contributed by atoms with Gasteiger partial charge in [0.05, 0.1) is 18.9 Å². The van der Waals surface area contributed by atoms with Crippen molar-refractivity contribution in [3.05, 3.63) is 35.9 Å². The second-order valence-electron chi connectivity index (χ2n) is 6.63. The molecule has 2 heterocycles. The van der Waals surface area contributed by atoms with Gasteiger partial charge >= 0.3 is 0 Å². The summed E-state index contributed by atoms with van der Waals surface area (Å²) in [4.78, 5) is 14.7. The summed E-state index contributed by atoms with van der Waals surface area (Å²) in [6.45, 7) is 4.25. The van der Waals surface area contributed by atoms with Crippen LogP contribution in [0.5, 0.6) is 0 Å². The van der Waals surface area contributed by atoms with Gasteiger partial charge in [-0.1, -0.05) is 30.3 Å². The molecule has 0 bridgehead atoms. The molecule has 25 heavy (non-hydrogen) atoms. The van der Waals surface area contributed by atoms with Crippen molar-refractivity contribution in [1.29, 1.82) is 0 Å². The predicted molar refractivity (Wildman–Crippen MR) is 95.5 cm³/mol. The molecule has 0 aliphatic carbocycles. The Balaban J connectivity index is 1.58. The van der Waals surface area contributed by atoms with Gasteiger partial charge in [-0.2, -0.15) is 0 Å². The number of sulfonamides is 1. The van der Waals surface area contributed by atoms with E-state index in [2.05, 4.69) is 0 Å². The number of hydrogen-bond acceptors (Lipinski definition) is 4. The van der Waals surface area contributed by atoms with Gasteiger partial charge < -0.3 is 9.64 Å². The fraction of sp³-hybridized carbons (Fsp3) is 0.611. The summed E-state index contributed by atoms with van der Waals surface area (Å²) in [5, 5.41) is 0. The smallest absolute Gasteiger partial charge is 0.225 e. The highest BCUT2D eigenvalue weighted by atomic mass is 32.2. The van der Waals surface area contributed by atoms with Crippen molar-refractivity contribution >= 4 is 15.9 Å². The Kier molecular flexibility index (Phi) is 5.76. The van der Waals surface area contributed by atoms with Gasteiger partial charge in [-0.3, -0.25) is 4.79 Å². The molecule has 3 rings (SSSR count). The Morgan fingerprint density at radius 1 is 1.16 bits per heavy atom. The average molecular weight is 366 g/mol. The lowest BCUT2D eigenvalue weighted by Gasteiger charge is -2.37. The standard InChI is InChI=1S/C18H26N2O4S/c1-2-25(22,23)20-10-8-16(9-11-20)18(21)19-12-13-24-17(14-19)15-6-4-3-5-7-15/h3-7,16-17H,2,8-14H2,1H3. The largest absolute Gasteiger partial charge is 0.370 e. The van der Waals surface area contributed by atoms with Gasteiger partial charge in [0.25, 0.3) is 0 Å². The zero-order chi connectivity index (χ0) is 17.9. The van der Waals surface area contributed by atoms with Gasteiger partial charge in [0, 0.05) is 25.6 Å². The predicted octanol–water partition coefficient (Wildman–Crippen LogP) is 1.65. The Morgan fingerprint density at radius 2 is 1.84 bits per heavy atom. The second kappa shape index (κ2) is 7.85. The molecule has 2 fully saturated rings. The minimum atomic E-state index is -3.15. The van der Waals surface area contributed by atoms with Crippen molar-refractivity contribution in [2.75, 3.05) is 38.5 Å². The summed E-state index contributed by atoms with van der Waals surface area (Å²) >= 11 is 0. The van der Waals surface area contributed by atoms with Crippen molar-refractivity contribution < 1.29 is 17.9 Å². The molecule has 2 aliphatic heterocycles. The van der Waals surface area contributed by atoms with E-state index in [0.717, 1.165) is 5.56 Å². The molecule has 1 amide bonds. The minimum absolute atomic E-state index is 0.0838. The highest BCUT2D eigenvalue weighted by Crippen LogP contribution is 2.26. The second-order valence-corrected chi connectivity index (χ2v) is 8.89. The number of morpholine rings is 1.